The van der Waals surface area contributed by atoms with Gasteiger partial charge < -0.3 is 20.3 Å². The largest absolute Gasteiger partial charge is 0.468 e. The fourth-order valence-electron chi connectivity index (χ4n) is 2.01. The van der Waals surface area contributed by atoms with E-state index in [2.05, 4.69) is 35.2 Å². The molecule has 110 valence electrons. The van der Waals surface area contributed by atoms with Gasteiger partial charge in [-0.25, -0.2) is 0 Å². The van der Waals surface area contributed by atoms with Gasteiger partial charge in [0, 0.05) is 20.1 Å². The minimum Gasteiger partial charge on any atom is -0.468 e. The average Bonchev–Trinajstić information content (AvgIpc) is 2.53. The quantitative estimate of drug-likeness (QED) is 0.753. The van der Waals surface area contributed by atoms with Gasteiger partial charge in [-0.1, -0.05) is 0 Å². The van der Waals surface area contributed by atoms with Gasteiger partial charge in [0.05, 0.1) is 7.11 Å². The smallest absolute Gasteiger partial charge is 0.325 e. The van der Waals surface area contributed by atoms with Gasteiger partial charge in [-0.3, -0.25) is 4.79 Å². The van der Waals surface area contributed by atoms with E-state index in [4.69, 9.17) is 0 Å². The van der Waals surface area contributed by atoms with E-state index in [9.17, 15) is 4.79 Å². The number of anilines is 3. The summed E-state index contributed by atoms with van der Waals surface area (Å²) in [5.74, 6) is 1.12. The van der Waals surface area contributed by atoms with Gasteiger partial charge in [0.25, 0.3) is 0 Å². The van der Waals surface area contributed by atoms with Crippen LogP contribution in [0, 0.1) is 0 Å². The number of hydrogen-bond acceptors (Lipinski definition) is 8. The highest BCUT2D eigenvalue weighted by Crippen LogP contribution is 2.18. The van der Waals surface area contributed by atoms with E-state index >= 15 is 0 Å². The number of hydrogen-bond donors (Lipinski definition) is 2. The highest BCUT2D eigenvalue weighted by molar-refractivity contribution is 5.74. The molecular formula is C12H20N6O2. The molecule has 0 bridgehead atoms. The van der Waals surface area contributed by atoms with Crippen LogP contribution in [0.15, 0.2) is 0 Å². The number of aromatic nitrogens is 3. The molecule has 8 nitrogen and oxygen atoms in total. The van der Waals surface area contributed by atoms with Crippen LogP contribution in [-0.4, -0.2) is 54.7 Å². The lowest BCUT2D eigenvalue weighted by Crippen LogP contribution is -2.31. The number of carbonyl (C=O) groups is 1. The molecule has 0 unspecified atom stereocenters. The van der Waals surface area contributed by atoms with Crippen molar-refractivity contribution in [1.82, 2.24) is 15.0 Å². The van der Waals surface area contributed by atoms with Gasteiger partial charge >= 0.3 is 5.97 Å². The van der Waals surface area contributed by atoms with Crippen LogP contribution in [0.25, 0.3) is 0 Å². The van der Waals surface area contributed by atoms with E-state index in [-0.39, 0.29) is 12.5 Å². The van der Waals surface area contributed by atoms with Crippen molar-refractivity contribution in [2.45, 2.75) is 19.3 Å². The molecule has 0 aromatic carbocycles. The molecule has 0 saturated carbocycles. The van der Waals surface area contributed by atoms with Crippen LogP contribution in [-0.2, 0) is 9.53 Å². The summed E-state index contributed by atoms with van der Waals surface area (Å²) in [7, 11) is 3.09. The monoisotopic (exact) mass is 280 g/mol. The van der Waals surface area contributed by atoms with E-state index in [1.54, 1.807) is 7.05 Å². The summed E-state index contributed by atoms with van der Waals surface area (Å²) in [6.45, 7) is 1.93. The maximum absolute atomic E-state index is 11.1. The van der Waals surface area contributed by atoms with Crippen molar-refractivity contribution in [3.05, 3.63) is 0 Å². The molecular weight excluding hydrogens is 260 g/mol. The van der Waals surface area contributed by atoms with Crippen LogP contribution in [0.1, 0.15) is 19.3 Å². The number of carbonyl (C=O) groups excluding carboxylic acids is 1. The fraction of sp³-hybridized carbons (Fsp3) is 0.667. The van der Waals surface area contributed by atoms with Crippen LogP contribution in [0.4, 0.5) is 17.8 Å². The second kappa shape index (κ2) is 6.88. The van der Waals surface area contributed by atoms with Crippen LogP contribution in [0.2, 0.25) is 0 Å². The summed E-state index contributed by atoms with van der Waals surface area (Å²) >= 11 is 0. The van der Waals surface area contributed by atoms with Crippen molar-refractivity contribution in [2.24, 2.45) is 0 Å². The first-order valence-corrected chi connectivity index (χ1v) is 6.72. The van der Waals surface area contributed by atoms with Crippen LogP contribution in [0.3, 0.4) is 0 Å². The Kier molecular flexibility index (Phi) is 4.91. The lowest BCUT2D eigenvalue weighted by molar-refractivity contribution is -0.138. The molecule has 1 aromatic heterocycles. The Bertz CT molecular complexity index is 461. The topological polar surface area (TPSA) is 92.3 Å². The molecule has 1 saturated heterocycles. The summed E-state index contributed by atoms with van der Waals surface area (Å²) in [4.78, 5) is 26.2. The third-order valence-corrected chi connectivity index (χ3v) is 3.10. The Hall–Kier alpha value is -2.12. The van der Waals surface area contributed by atoms with E-state index in [0.29, 0.717) is 17.8 Å². The molecule has 2 N–H and O–H groups in total. The molecule has 0 spiro atoms. The predicted octanol–water partition coefficient (Wildman–Crippen LogP) is 0.488. The molecule has 1 fully saturated rings. The highest BCUT2D eigenvalue weighted by atomic mass is 16.5. The fourth-order valence-corrected chi connectivity index (χ4v) is 2.01. The first-order chi connectivity index (χ1) is 9.72. The van der Waals surface area contributed by atoms with Gasteiger partial charge in [-0.2, -0.15) is 15.0 Å². The molecule has 1 aliphatic rings. The van der Waals surface area contributed by atoms with E-state index in [1.807, 2.05) is 0 Å². The summed E-state index contributed by atoms with van der Waals surface area (Å²) in [5, 5.41) is 5.75. The molecule has 0 aliphatic carbocycles. The molecule has 0 amide bonds. The first-order valence-electron chi connectivity index (χ1n) is 6.72. The number of piperidine rings is 1. The number of ether oxygens (including phenoxy) is 1. The van der Waals surface area contributed by atoms with Crippen molar-refractivity contribution in [1.29, 1.82) is 0 Å². The Balaban J connectivity index is 2.12. The number of nitrogens with zero attached hydrogens (tertiary/aromatic N) is 4. The second-order valence-corrected chi connectivity index (χ2v) is 4.51. The molecule has 1 aromatic rings. The Morgan fingerprint density at radius 1 is 1.20 bits per heavy atom. The molecule has 2 rings (SSSR count). The molecule has 2 heterocycles. The number of esters is 1. The van der Waals surface area contributed by atoms with E-state index in [0.717, 1.165) is 25.9 Å². The SMILES string of the molecule is CNc1nc(NCC(=O)OC)nc(N2CCCCC2)n1. The summed E-state index contributed by atoms with van der Waals surface area (Å²) in [6.07, 6.45) is 3.53. The predicted molar refractivity (Wildman–Crippen MR) is 75.9 cm³/mol. The highest BCUT2D eigenvalue weighted by Gasteiger charge is 2.16. The zero-order valence-electron chi connectivity index (χ0n) is 11.8. The van der Waals surface area contributed by atoms with Gasteiger partial charge in [0.15, 0.2) is 0 Å². The number of rotatable bonds is 5. The summed E-state index contributed by atoms with van der Waals surface area (Å²) < 4.78 is 4.58. The third-order valence-electron chi connectivity index (χ3n) is 3.10. The van der Waals surface area contributed by atoms with Gasteiger partial charge in [-0.05, 0) is 19.3 Å². The molecule has 0 radical (unpaired) electrons. The minimum atomic E-state index is -0.365. The van der Waals surface area contributed by atoms with Crippen LogP contribution < -0.4 is 15.5 Å². The maximum atomic E-state index is 11.1. The standard InChI is InChI=1S/C12H20N6O2/c1-13-10-15-11(14-8-9(19)20-2)17-12(16-10)18-6-4-3-5-7-18/h3-8H2,1-2H3,(H2,13,14,15,16,17). The number of methoxy groups -OCH3 is 1. The van der Waals surface area contributed by atoms with Gasteiger partial charge in [-0.15, -0.1) is 0 Å². The Labute approximate surface area is 118 Å². The van der Waals surface area contributed by atoms with Crippen molar-refractivity contribution in [3.8, 4) is 0 Å². The summed E-state index contributed by atoms with van der Waals surface area (Å²) in [5.41, 5.74) is 0. The number of nitrogens with one attached hydrogen (secondary N) is 2. The van der Waals surface area contributed by atoms with Gasteiger partial charge in [0.2, 0.25) is 17.8 Å². The molecule has 8 heteroatoms. The zero-order valence-corrected chi connectivity index (χ0v) is 11.8. The zero-order chi connectivity index (χ0) is 14.4. The maximum Gasteiger partial charge on any atom is 0.325 e. The molecule has 1 aliphatic heterocycles. The molecule has 20 heavy (non-hydrogen) atoms. The van der Waals surface area contributed by atoms with Crippen molar-refractivity contribution in [3.63, 3.8) is 0 Å². The van der Waals surface area contributed by atoms with Crippen molar-refractivity contribution >= 4 is 23.8 Å². The second-order valence-electron chi connectivity index (χ2n) is 4.51. The van der Waals surface area contributed by atoms with Crippen LogP contribution >= 0.6 is 0 Å². The Morgan fingerprint density at radius 3 is 2.55 bits per heavy atom. The lowest BCUT2D eigenvalue weighted by Gasteiger charge is -2.26. The van der Waals surface area contributed by atoms with Crippen molar-refractivity contribution < 1.29 is 9.53 Å². The normalized spacial score (nSPS) is 14.8. The minimum absolute atomic E-state index is 0.0309. The van der Waals surface area contributed by atoms with E-state index < -0.39 is 0 Å². The lowest BCUT2D eigenvalue weighted by atomic mass is 10.1. The average molecular weight is 280 g/mol. The van der Waals surface area contributed by atoms with E-state index in [1.165, 1.54) is 13.5 Å². The Morgan fingerprint density at radius 2 is 1.90 bits per heavy atom. The van der Waals surface area contributed by atoms with Crippen LogP contribution in [0.5, 0.6) is 0 Å². The van der Waals surface area contributed by atoms with Gasteiger partial charge in [0.1, 0.15) is 6.54 Å². The molecule has 0 atom stereocenters. The first kappa shape index (κ1) is 14.3. The summed E-state index contributed by atoms with van der Waals surface area (Å²) in [6, 6.07) is 0. The van der Waals surface area contributed by atoms with Crippen molar-refractivity contribution in [2.75, 3.05) is 49.3 Å². The third kappa shape index (κ3) is 3.69.